The first kappa shape index (κ1) is 17.4. The molecule has 1 unspecified atom stereocenters. The number of benzene rings is 1. The lowest BCUT2D eigenvalue weighted by Gasteiger charge is -2.17. The molecule has 0 saturated carbocycles. The van der Waals surface area contributed by atoms with Crippen LogP contribution in [0.4, 0.5) is 4.39 Å². The molecule has 0 aliphatic carbocycles. The molecule has 116 valence electrons. The molecule has 1 aromatic carbocycles. The smallest absolute Gasteiger partial charge is 0.337 e. The summed E-state index contributed by atoms with van der Waals surface area (Å²) in [5.41, 5.74) is -0.681. The van der Waals surface area contributed by atoms with E-state index in [-0.39, 0.29) is 0 Å². The fourth-order valence-electron chi connectivity index (χ4n) is 1.58. The Morgan fingerprint density at radius 3 is 2.29 bits per heavy atom. The zero-order valence-electron chi connectivity index (χ0n) is 11.4. The number of halogens is 2. The van der Waals surface area contributed by atoms with Crippen LogP contribution in [-0.2, 0) is 14.6 Å². The van der Waals surface area contributed by atoms with Crippen molar-refractivity contribution in [2.45, 2.75) is 17.1 Å². The van der Waals surface area contributed by atoms with E-state index in [1.54, 1.807) is 0 Å². The summed E-state index contributed by atoms with van der Waals surface area (Å²) in [5, 5.41) is 6.73. The normalized spacial score (nSPS) is 12.8. The first-order valence-corrected chi connectivity index (χ1v) is 7.60. The lowest BCUT2D eigenvalue weighted by molar-refractivity contribution is -0.127. The summed E-state index contributed by atoms with van der Waals surface area (Å²) in [7, 11) is -1.48. The Hall–Kier alpha value is -1.67. The molecule has 0 bridgehead atoms. The molecule has 0 aliphatic rings. The van der Waals surface area contributed by atoms with Crippen LogP contribution in [0.25, 0.3) is 0 Å². The fraction of sp³-hybridized carbons (Fsp3) is 0.333. The number of nitrogens with zero attached hydrogens (tertiary/aromatic N) is 1. The van der Waals surface area contributed by atoms with E-state index in [2.05, 4.69) is 0 Å². The Morgan fingerprint density at radius 1 is 1.33 bits per heavy atom. The van der Waals surface area contributed by atoms with Crippen LogP contribution in [0.5, 0.6) is 0 Å². The summed E-state index contributed by atoms with van der Waals surface area (Å²) in [6.07, 6.45) is 0. The standard InChI is InChI=1S/C12H13ClFNO5S/c1-6(11(16)15(2)3)21(19,20)7-4-8(12(17)18)10(13)9(14)5-7/h4-6H,1-3H3,(H,17,18). The number of sulfone groups is 1. The molecule has 0 radical (unpaired) electrons. The van der Waals surface area contributed by atoms with Crippen LogP contribution in [0, 0.1) is 5.82 Å². The Bertz CT molecular complexity index is 702. The molecule has 1 amide bonds. The number of amides is 1. The van der Waals surface area contributed by atoms with Gasteiger partial charge in [-0.15, -0.1) is 0 Å². The number of hydrogen-bond donors (Lipinski definition) is 1. The van der Waals surface area contributed by atoms with Gasteiger partial charge in [0, 0.05) is 14.1 Å². The maximum Gasteiger partial charge on any atom is 0.337 e. The van der Waals surface area contributed by atoms with Crippen molar-refractivity contribution in [3.05, 3.63) is 28.5 Å². The third-order valence-electron chi connectivity index (χ3n) is 2.81. The lowest BCUT2D eigenvalue weighted by Crippen LogP contribution is -2.37. The molecule has 9 heteroatoms. The van der Waals surface area contributed by atoms with Gasteiger partial charge in [0.2, 0.25) is 5.91 Å². The van der Waals surface area contributed by atoms with E-state index < -0.39 is 48.3 Å². The van der Waals surface area contributed by atoms with Gasteiger partial charge in [0.25, 0.3) is 0 Å². The first-order chi connectivity index (χ1) is 9.50. The van der Waals surface area contributed by atoms with Gasteiger partial charge in [0.05, 0.1) is 15.5 Å². The van der Waals surface area contributed by atoms with Crippen molar-refractivity contribution >= 4 is 33.3 Å². The molecular weight excluding hydrogens is 325 g/mol. The summed E-state index contributed by atoms with van der Waals surface area (Å²) in [4.78, 5) is 23.2. The van der Waals surface area contributed by atoms with E-state index in [1.165, 1.54) is 14.1 Å². The summed E-state index contributed by atoms with van der Waals surface area (Å²) in [6, 6.07) is 1.34. The highest BCUT2D eigenvalue weighted by Crippen LogP contribution is 2.27. The molecule has 1 rings (SSSR count). The second-order valence-corrected chi connectivity index (χ2v) is 7.14. The maximum atomic E-state index is 13.6. The zero-order chi connectivity index (χ0) is 16.5. The number of carboxylic acids is 1. The number of hydrogen-bond acceptors (Lipinski definition) is 4. The zero-order valence-corrected chi connectivity index (χ0v) is 13.0. The topological polar surface area (TPSA) is 91.8 Å². The number of carboxylic acid groups (broad SMARTS) is 1. The molecule has 0 aliphatic heterocycles. The molecular formula is C12H13ClFNO5S. The maximum absolute atomic E-state index is 13.6. The van der Waals surface area contributed by atoms with Crippen LogP contribution < -0.4 is 0 Å². The van der Waals surface area contributed by atoms with E-state index in [9.17, 15) is 22.4 Å². The van der Waals surface area contributed by atoms with Crippen molar-refractivity contribution in [2.24, 2.45) is 0 Å². The Kier molecular flexibility index (Phi) is 4.95. The van der Waals surface area contributed by atoms with Crippen LogP contribution in [0.2, 0.25) is 5.02 Å². The quantitative estimate of drug-likeness (QED) is 0.897. The average molecular weight is 338 g/mol. The second-order valence-electron chi connectivity index (χ2n) is 4.49. The largest absolute Gasteiger partial charge is 0.478 e. The van der Waals surface area contributed by atoms with Crippen molar-refractivity contribution in [1.29, 1.82) is 0 Å². The van der Waals surface area contributed by atoms with Crippen molar-refractivity contribution in [1.82, 2.24) is 4.90 Å². The molecule has 0 heterocycles. The van der Waals surface area contributed by atoms with Gasteiger partial charge in [0.15, 0.2) is 9.84 Å². The van der Waals surface area contributed by atoms with E-state index >= 15 is 0 Å². The fourth-order valence-corrected chi connectivity index (χ4v) is 3.21. The Labute approximate surface area is 126 Å². The highest BCUT2D eigenvalue weighted by molar-refractivity contribution is 7.92. The van der Waals surface area contributed by atoms with Gasteiger partial charge in [0.1, 0.15) is 11.1 Å². The molecule has 1 N–H and O–H groups in total. The number of carbonyl (C=O) groups excluding carboxylic acids is 1. The van der Waals surface area contributed by atoms with E-state index in [4.69, 9.17) is 16.7 Å². The predicted molar refractivity (Wildman–Crippen MR) is 73.7 cm³/mol. The first-order valence-electron chi connectivity index (χ1n) is 5.67. The van der Waals surface area contributed by atoms with E-state index in [0.717, 1.165) is 17.9 Å². The molecule has 0 spiro atoms. The summed E-state index contributed by atoms with van der Waals surface area (Å²) < 4.78 is 38.1. The summed E-state index contributed by atoms with van der Waals surface area (Å²) in [5.74, 6) is -3.45. The number of rotatable bonds is 4. The van der Waals surface area contributed by atoms with E-state index in [1.807, 2.05) is 0 Å². The average Bonchev–Trinajstić information content (AvgIpc) is 2.39. The predicted octanol–water partition coefficient (Wildman–Crippen LogP) is 1.43. The van der Waals surface area contributed by atoms with Crippen LogP contribution in [-0.4, -0.2) is 49.6 Å². The summed E-state index contributed by atoms with van der Waals surface area (Å²) in [6.45, 7) is 1.14. The minimum absolute atomic E-state index is 0.601. The van der Waals surface area contributed by atoms with Crippen LogP contribution in [0.1, 0.15) is 17.3 Å². The third kappa shape index (κ3) is 3.33. The van der Waals surface area contributed by atoms with Crippen molar-refractivity contribution < 1.29 is 27.5 Å². The summed E-state index contributed by atoms with van der Waals surface area (Å²) >= 11 is 5.48. The molecule has 0 aromatic heterocycles. The van der Waals surface area contributed by atoms with E-state index in [0.29, 0.717) is 6.07 Å². The molecule has 1 aromatic rings. The highest BCUT2D eigenvalue weighted by Gasteiger charge is 2.32. The minimum atomic E-state index is -4.23. The van der Waals surface area contributed by atoms with Crippen LogP contribution in [0.15, 0.2) is 17.0 Å². The molecule has 1 atom stereocenters. The van der Waals surface area contributed by atoms with Gasteiger partial charge >= 0.3 is 5.97 Å². The van der Waals surface area contributed by atoms with Gasteiger partial charge in [-0.1, -0.05) is 11.6 Å². The molecule has 0 fully saturated rings. The van der Waals surface area contributed by atoms with Gasteiger partial charge in [-0.25, -0.2) is 17.6 Å². The van der Waals surface area contributed by atoms with Gasteiger partial charge in [-0.05, 0) is 19.1 Å². The second kappa shape index (κ2) is 5.98. The Morgan fingerprint density at radius 2 is 1.86 bits per heavy atom. The van der Waals surface area contributed by atoms with Crippen LogP contribution >= 0.6 is 11.6 Å². The molecule has 21 heavy (non-hydrogen) atoms. The highest BCUT2D eigenvalue weighted by atomic mass is 35.5. The van der Waals surface area contributed by atoms with Gasteiger partial charge in [-0.3, -0.25) is 4.79 Å². The Balaban J connectivity index is 3.46. The third-order valence-corrected chi connectivity index (χ3v) is 5.22. The monoisotopic (exact) mass is 337 g/mol. The van der Waals surface area contributed by atoms with Gasteiger partial charge in [-0.2, -0.15) is 0 Å². The SMILES string of the molecule is CC(C(=O)N(C)C)S(=O)(=O)c1cc(F)c(Cl)c(C(=O)O)c1. The number of carbonyl (C=O) groups is 2. The molecule has 6 nitrogen and oxygen atoms in total. The van der Waals surface area contributed by atoms with Crippen molar-refractivity contribution in [2.75, 3.05) is 14.1 Å². The van der Waals surface area contributed by atoms with Gasteiger partial charge < -0.3 is 10.0 Å². The number of aromatic carboxylic acids is 1. The van der Waals surface area contributed by atoms with Crippen LogP contribution in [0.3, 0.4) is 0 Å². The van der Waals surface area contributed by atoms with Crippen molar-refractivity contribution in [3.8, 4) is 0 Å². The minimum Gasteiger partial charge on any atom is -0.478 e. The molecule has 0 saturated heterocycles. The van der Waals surface area contributed by atoms with Crippen molar-refractivity contribution in [3.63, 3.8) is 0 Å². The lowest BCUT2D eigenvalue weighted by atomic mass is 10.2.